The normalized spacial score (nSPS) is 11.5. The first kappa shape index (κ1) is 19.7. The van der Waals surface area contributed by atoms with Crippen LogP contribution in [0.1, 0.15) is 0 Å². The van der Waals surface area contributed by atoms with E-state index in [1.54, 1.807) is 0 Å². The van der Waals surface area contributed by atoms with E-state index in [1.165, 1.54) is 38.2 Å². The molecule has 0 amide bonds. The molecule has 2 nitrogen and oxygen atoms in total. The van der Waals surface area contributed by atoms with Gasteiger partial charge in [-0.05, 0) is 61.3 Å². The lowest BCUT2D eigenvalue weighted by molar-refractivity contribution is 1.34. The van der Waals surface area contributed by atoms with E-state index in [4.69, 9.17) is 0 Å². The van der Waals surface area contributed by atoms with E-state index in [1.807, 2.05) is 30.3 Å². The third-order valence-electron chi connectivity index (χ3n) is 7.02. The zero-order valence-corrected chi connectivity index (χ0v) is 19.0. The molecule has 0 atom stereocenters. The molecule has 7 aromatic rings. The molecule has 6 aromatic carbocycles. The first-order valence-corrected chi connectivity index (χ1v) is 11.8. The number of hydrogen-bond acceptors (Lipinski definition) is 1. The van der Waals surface area contributed by atoms with Crippen LogP contribution in [0.2, 0.25) is 0 Å². The number of benzene rings is 6. The van der Waals surface area contributed by atoms with E-state index in [9.17, 15) is 4.79 Å². The number of nitrogens with one attached hydrogen (secondary N) is 1. The number of aromatic nitrogens is 1. The van der Waals surface area contributed by atoms with Crippen LogP contribution in [0.25, 0.3) is 65.5 Å². The largest absolute Gasteiger partial charge is 0.321 e. The number of hydrogen-bond donors (Lipinski definition) is 1. The maximum Gasteiger partial charge on any atom is 0.256 e. The molecule has 0 bridgehead atoms. The van der Waals surface area contributed by atoms with Gasteiger partial charge in [0.15, 0.2) is 0 Å². The van der Waals surface area contributed by atoms with Crippen LogP contribution in [0, 0.1) is 0 Å². The van der Waals surface area contributed by atoms with Gasteiger partial charge in [-0.25, -0.2) is 0 Å². The van der Waals surface area contributed by atoms with Gasteiger partial charge in [-0.15, -0.1) is 0 Å². The quantitative estimate of drug-likeness (QED) is 0.210. The summed E-state index contributed by atoms with van der Waals surface area (Å²) in [6.45, 7) is 0. The molecule has 1 aromatic heterocycles. The zero-order valence-electron chi connectivity index (χ0n) is 19.0. The Morgan fingerprint density at radius 2 is 0.943 bits per heavy atom. The Morgan fingerprint density at radius 3 is 1.57 bits per heavy atom. The van der Waals surface area contributed by atoms with Crippen molar-refractivity contribution in [2.75, 3.05) is 0 Å². The summed E-state index contributed by atoms with van der Waals surface area (Å²) < 4.78 is 0. The minimum atomic E-state index is -0.0561. The van der Waals surface area contributed by atoms with E-state index >= 15 is 0 Å². The fourth-order valence-electron chi connectivity index (χ4n) is 5.58. The van der Waals surface area contributed by atoms with E-state index in [0.29, 0.717) is 5.39 Å². The second-order valence-electron chi connectivity index (χ2n) is 8.94. The third-order valence-corrected chi connectivity index (χ3v) is 7.02. The van der Waals surface area contributed by atoms with Crippen LogP contribution in [-0.4, -0.2) is 4.98 Å². The first-order chi connectivity index (χ1) is 17.3. The van der Waals surface area contributed by atoms with Crippen LogP contribution in [-0.2, 0) is 0 Å². The molecule has 0 unspecified atom stereocenters. The highest BCUT2D eigenvalue weighted by molar-refractivity contribution is 6.25. The summed E-state index contributed by atoms with van der Waals surface area (Å²) in [4.78, 5) is 15.9. The van der Waals surface area contributed by atoms with Crippen LogP contribution in [0.5, 0.6) is 0 Å². The molecule has 0 spiro atoms. The van der Waals surface area contributed by atoms with Crippen molar-refractivity contribution in [2.24, 2.45) is 0 Å². The van der Waals surface area contributed by atoms with Gasteiger partial charge >= 0.3 is 0 Å². The minimum absolute atomic E-state index is 0.0561. The summed E-state index contributed by atoms with van der Waals surface area (Å²) in [5.74, 6) is 0. The summed E-state index contributed by atoms with van der Waals surface area (Å²) in [5, 5.41) is 7.60. The maximum absolute atomic E-state index is 12.8. The van der Waals surface area contributed by atoms with Crippen LogP contribution in [0.3, 0.4) is 0 Å². The SMILES string of the molecule is O=c1[nH]c2cccc(-c3c4ccccc4c(-c4ccccc4)c4ccccc34)c2c2ccccc12. The molecule has 164 valence electrons. The van der Waals surface area contributed by atoms with Crippen molar-refractivity contribution in [3.63, 3.8) is 0 Å². The van der Waals surface area contributed by atoms with Gasteiger partial charge in [0.2, 0.25) is 0 Å². The van der Waals surface area contributed by atoms with Crippen molar-refractivity contribution >= 4 is 43.2 Å². The molecule has 0 aliphatic rings. The second kappa shape index (κ2) is 7.68. The third kappa shape index (κ3) is 2.93. The monoisotopic (exact) mass is 447 g/mol. The van der Waals surface area contributed by atoms with Crippen molar-refractivity contribution < 1.29 is 0 Å². The Morgan fingerprint density at radius 1 is 0.429 bits per heavy atom. The highest BCUT2D eigenvalue weighted by Gasteiger charge is 2.18. The second-order valence-corrected chi connectivity index (χ2v) is 8.94. The number of H-pyrrole nitrogens is 1. The Labute approximate surface area is 202 Å². The van der Waals surface area contributed by atoms with Crippen molar-refractivity contribution in [2.45, 2.75) is 0 Å². The highest BCUT2D eigenvalue weighted by Crippen LogP contribution is 2.45. The Bertz CT molecular complexity index is 1910. The number of fused-ring (bicyclic) bond motifs is 5. The molecule has 1 heterocycles. The van der Waals surface area contributed by atoms with Crippen LogP contribution in [0.4, 0.5) is 0 Å². The molecule has 1 N–H and O–H groups in total. The van der Waals surface area contributed by atoms with Gasteiger partial charge in [0.1, 0.15) is 0 Å². The molecule has 7 rings (SSSR count). The molecule has 2 heteroatoms. The van der Waals surface area contributed by atoms with Gasteiger partial charge in [0.05, 0.1) is 0 Å². The zero-order chi connectivity index (χ0) is 23.4. The smallest absolute Gasteiger partial charge is 0.256 e. The standard InChI is InChI=1S/C33H21NO/c35-33-27-18-9-8-17-26(27)32-28(19-10-20-29(32)34-33)31-24-15-6-4-13-22(24)30(21-11-2-1-3-12-21)23-14-5-7-16-25(23)31/h1-20H,(H,34,35). The number of rotatable bonds is 2. The van der Waals surface area contributed by atoms with Gasteiger partial charge < -0.3 is 4.98 Å². The Hall–Kier alpha value is -4.69. The average Bonchev–Trinajstić information content (AvgIpc) is 2.92. The molecule has 0 fully saturated rings. The molecule has 0 saturated heterocycles. The fourth-order valence-corrected chi connectivity index (χ4v) is 5.58. The number of pyridine rings is 1. The van der Waals surface area contributed by atoms with Crippen LogP contribution < -0.4 is 5.56 Å². The maximum atomic E-state index is 12.8. The minimum Gasteiger partial charge on any atom is -0.321 e. The van der Waals surface area contributed by atoms with Gasteiger partial charge in [0.25, 0.3) is 5.56 Å². The van der Waals surface area contributed by atoms with Crippen molar-refractivity contribution in [1.29, 1.82) is 0 Å². The molecule has 0 aliphatic carbocycles. The van der Waals surface area contributed by atoms with Gasteiger partial charge in [-0.2, -0.15) is 0 Å². The van der Waals surface area contributed by atoms with Crippen molar-refractivity contribution in [3.05, 3.63) is 132 Å². The predicted octanol–water partition coefficient (Wildman–Crippen LogP) is 8.32. The summed E-state index contributed by atoms with van der Waals surface area (Å²) >= 11 is 0. The highest BCUT2D eigenvalue weighted by atomic mass is 16.1. The Kier molecular flexibility index (Phi) is 4.33. The summed E-state index contributed by atoms with van der Waals surface area (Å²) in [6, 6.07) is 42.1. The lowest BCUT2D eigenvalue weighted by atomic mass is 9.84. The molecular weight excluding hydrogens is 426 g/mol. The van der Waals surface area contributed by atoms with E-state index < -0.39 is 0 Å². The van der Waals surface area contributed by atoms with Gasteiger partial charge in [-0.1, -0.05) is 109 Å². The van der Waals surface area contributed by atoms with E-state index in [2.05, 4.69) is 96.0 Å². The number of aromatic amines is 1. The van der Waals surface area contributed by atoms with Crippen LogP contribution in [0.15, 0.2) is 126 Å². The lowest BCUT2D eigenvalue weighted by Gasteiger charge is -2.19. The summed E-state index contributed by atoms with van der Waals surface area (Å²) in [7, 11) is 0. The van der Waals surface area contributed by atoms with E-state index in [0.717, 1.165) is 21.9 Å². The predicted molar refractivity (Wildman–Crippen MR) is 148 cm³/mol. The van der Waals surface area contributed by atoms with Gasteiger partial charge in [0, 0.05) is 16.3 Å². The summed E-state index contributed by atoms with van der Waals surface area (Å²) in [5.41, 5.74) is 5.57. The lowest BCUT2D eigenvalue weighted by Crippen LogP contribution is -2.06. The molecule has 35 heavy (non-hydrogen) atoms. The molecule has 0 saturated carbocycles. The first-order valence-electron chi connectivity index (χ1n) is 11.8. The van der Waals surface area contributed by atoms with Crippen LogP contribution >= 0.6 is 0 Å². The van der Waals surface area contributed by atoms with Gasteiger partial charge in [-0.3, -0.25) is 4.79 Å². The molecule has 0 radical (unpaired) electrons. The topological polar surface area (TPSA) is 32.9 Å². The van der Waals surface area contributed by atoms with E-state index in [-0.39, 0.29) is 5.56 Å². The molecular formula is C33H21NO. The molecule has 0 aliphatic heterocycles. The fraction of sp³-hybridized carbons (Fsp3) is 0. The average molecular weight is 448 g/mol. The Balaban J connectivity index is 1.73. The van der Waals surface area contributed by atoms with Crippen molar-refractivity contribution in [1.82, 2.24) is 4.98 Å². The van der Waals surface area contributed by atoms with Crippen molar-refractivity contribution in [3.8, 4) is 22.3 Å². The summed E-state index contributed by atoms with van der Waals surface area (Å²) in [6.07, 6.45) is 0.